The zero-order valence-corrected chi connectivity index (χ0v) is 19.1. The number of hydrogen-bond acceptors (Lipinski definition) is 7. The molecule has 184 valence electrons. The number of nitrogens with one attached hydrogen (secondary N) is 6. The van der Waals surface area contributed by atoms with Crippen molar-refractivity contribution in [1.29, 1.82) is 5.41 Å². The molecule has 0 saturated heterocycles. The Morgan fingerprint density at radius 1 is 1.09 bits per heavy atom. The van der Waals surface area contributed by atoms with E-state index in [0.717, 1.165) is 10.7 Å². The van der Waals surface area contributed by atoms with Crippen LogP contribution in [0, 0.1) is 29.4 Å². The fourth-order valence-corrected chi connectivity index (χ4v) is 3.25. The standard InChI is InChI=1S/C20H24N10O5/c1-9-12(8-24-16(9)19(32)23-5-4-14(21)22)27-20(33)17-10(2)11(7-25-17)26-18(31)13-6-15(30(34)35)28-29(13)3/h6-8,24-25H,4-5H2,1-3H3,(H3,21,22)(H,23,32)(H,26,31)(H,27,33). The van der Waals surface area contributed by atoms with E-state index in [9.17, 15) is 24.5 Å². The lowest BCUT2D eigenvalue weighted by molar-refractivity contribution is -0.389. The third-order valence-corrected chi connectivity index (χ3v) is 5.20. The number of anilines is 2. The highest BCUT2D eigenvalue weighted by molar-refractivity contribution is 6.08. The normalized spacial score (nSPS) is 10.6. The van der Waals surface area contributed by atoms with Gasteiger partial charge in [-0.3, -0.25) is 19.8 Å². The number of aromatic nitrogens is 4. The van der Waals surface area contributed by atoms with Crippen molar-refractivity contribution in [1.82, 2.24) is 25.1 Å². The fourth-order valence-electron chi connectivity index (χ4n) is 3.25. The van der Waals surface area contributed by atoms with Gasteiger partial charge in [0.05, 0.1) is 35.4 Å². The largest absolute Gasteiger partial charge is 0.390 e. The number of nitrogens with two attached hydrogens (primary N) is 1. The first-order valence-electron chi connectivity index (χ1n) is 10.3. The van der Waals surface area contributed by atoms with Crippen LogP contribution < -0.4 is 21.7 Å². The summed E-state index contributed by atoms with van der Waals surface area (Å²) in [4.78, 5) is 53.4. The fraction of sp³-hybridized carbons (Fsp3) is 0.250. The Morgan fingerprint density at radius 3 is 2.14 bits per heavy atom. The molecule has 0 aliphatic heterocycles. The van der Waals surface area contributed by atoms with Crippen molar-refractivity contribution in [2.75, 3.05) is 17.2 Å². The van der Waals surface area contributed by atoms with E-state index in [2.05, 4.69) is 31.0 Å². The van der Waals surface area contributed by atoms with Gasteiger partial charge in [0.1, 0.15) is 11.4 Å². The van der Waals surface area contributed by atoms with Gasteiger partial charge in [0.25, 0.3) is 17.7 Å². The van der Waals surface area contributed by atoms with Gasteiger partial charge in [-0.15, -0.1) is 0 Å². The van der Waals surface area contributed by atoms with Crippen molar-refractivity contribution >= 4 is 40.7 Å². The lowest BCUT2D eigenvalue weighted by Gasteiger charge is -2.07. The summed E-state index contributed by atoms with van der Waals surface area (Å²) in [5, 5.41) is 29.7. The maximum absolute atomic E-state index is 12.8. The van der Waals surface area contributed by atoms with Gasteiger partial charge in [-0.25, -0.2) is 0 Å². The summed E-state index contributed by atoms with van der Waals surface area (Å²) >= 11 is 0. The van der Waals surface area contributed by atoms with Gasteiger partial charge in [-0.2, -0.15) is 4.68 Å². The summed E-state index contributed by atoms with van der Waals surface area (Å²) in [6.45, 7) is 3.48. The summed E-state index contributed by atoms with van der Waals surface area (Å²) in [7, 11) is 1.40. The van der Waals surface area contributed by atoms with Crippen LogP contribution in [0.15, 0.2) is 18.5 Å². The van der Waals surface area contributed by atoms with E-state index in [1.807, 2.05) is 0 Å². The Balaban J connectivity index is 1.69. The van der Waals surface area contributed by atoms with Crippen molar-refractivity contribution in [3.63, 3.8) is 0 Å². The van der Waals surface area contributed by atoms with Gasteiger partial charge in [-0.05, 0) is 18.8 Å². The number of aromatic amines is 2. The van der Waals surface area contributed by atoms with Crippen molar-refractivity contribution in [2.45, 2.75) is 20.3 Å². The van der Waals surface area contributed by atoms with E-state index in [1.54, 1.807) is 13.8 Å². The highest BCUT2D eigenvalue weighted by Gasteiger charge is 2.23. The van der Waals surface area contributed by atoms with Gasteiger partial charge in [0, 0.05) is 36.5 Å². The number of nitrogens with zero attached hydrogens (tertiary/aromatic N) is 3. The Morgan fingerprint density at radius 2 is 1.63 bits per heavy atom. The van der Waals surface area contributed by atoms with E-state index in [1.165, 1.54) is 19.4 Å². The van der Waals surface area contributed by atoms with Crippen LogP contribution in [0.25, 0.3) is 0 Å². The molecule has 0 bridgehead atoms. The average Bonchev–Trinajstić information content (AvgIpc) is 3.46. The SMILES string of the molecule is Cc1c(NC(=O)c2[nH]cc(NC(=O)c3cc([N+](=O)[O-])nn3C)c2C)c[nH]c1C(=O)NCCC(=N)N. The molecule has 0 aromatic carbocycles. The number of amides is 3. The minimum atomic E-state index is -0.703. The molecule has 8 N–H and O–H groups in total. The Bertz CT molecular complexity index is 1330. The van der Waals surface area contributed by atoms with Crippen molar-refractivity contribution in [2.24, 2.45) is 12.8 Å². The van der Waals surface area contributed by atoms with Crippen LogP contribution in [0.5, 0.6) is 0 Å². The molecule has 3 aromatic heterocycles. The second-order valence-electron chi connectivity index (χ2n) is 7.61. The number of hydrogen-bond donors (Lipinski definition) is 7. The number of nitro groups is 1. The highest BCUT2D eigenvalue weighted by Crippen LogP contribution is 2.23. The molecule has 35 heavy (non-hydrogen) atoms. The van der Waals surface area contributed by atoms with Crippen molar-refractivity contribution in [3.8, 4) is 0 Å². The molecule has 0 spiro atoms. The third-order valence-electron chi connectivity index (χ3n) is 5.20. The van der Waals surface area contributed by atoms with Crippen LogP contribution in [-0.4, -0.2) is 54.8 Å². The van der Waals surface area contributed by atoms with Gasteiger partial charge in [-0.1, -0.05) is 0 Å². The molecule has 3 heterocycles. The van der Waals surface area contributed by atoms with Gasteiger partial charge >= 0.3 is 5.82 Å². The second kappa shape index (κ2) is 9.90. The van der Waals surface area contributed by atoms with E-state index in [4.69, 9.17) is 11.1 Å². The maximum Gasteiger partial charge on any atom is 0.390 e. The average molecular weight is 484 g/mol. The summed E-state index contributed by atoms with van der Waals surface area (Å²) in [5.74, 6) is -2.05. The van der Waals surface area contributed by atoms with Crippen LogP contribution >= 0.6 is 0 Å². The molecule has 0 radical (unpaired) electrons. The molecule has 0 aliphatic carbocycles. The molecule has 0 fully saturated rings. The molecule has 0 saturated carbocycles. The minimum Gasteiger partial charge on any atom is -0.388 e. The smallest absolute Gasteiger partial charge is 0.388 e. The van der Waals surface area contributed by atoms with Gasteiger partial charge < -0.3 is 41.8 Å². The van der Waals surface area contributed by atoms with Crippen LogP contribution in [0.4, 0.5) is 17.2 Å². The third kappa shape index (κ3) is 5.35. The number of carbonyl (C=O) groups excluding carboxylic acids is 3. The molecule has 0 atom stereocenters. The predicted molar refractivity (Wildman–Crippen MR) is 126 cm³/mol. The van der Waals surface area contributed by atoms with Gasteiger partial charge in [0.2, 0.25) is 0 Å². The van der Waals surface area contributed by atoms with Crippen LogP contribution in [0.3, 0.4) is 0 Å². The second-order valence-corrected chi connectivity index (χ2v) is 7.61. The number of H-pyrrole nitrogens is 2. The lowest BCUT2D eigenvalue weighted by atomic mass is 10.2. The minimum absolute atomic E-state index is 0.0274. The first-order valence-corrected chi connectivity index (χ1v) is 10.3. The maximum atomic E-state index is 12.8. The zero-order chi connectivity index (χ0) is 25.9. The predicted octanol–water partition coefficient (Wildman–Crippen LogP) is 1.16. The molecule has 3 aromatic rings. The Kier molecular flexibility index (Phi) is 6.98. The van der Waals surface area contributed by atoms with Crippen molar-refractivity contribution in [3.05, 3.63) is 56.8 Å². The summed E-state index contributed by atoms with van der Waals surface area (Å²) < 4.78 is 1.09. The summed E-state index contributed by atoms with van der Waals surface area (Å²) in [6, 6.07) is 1.05. The summed E-state index contributed by atoms with van der Waals surface area (Å²) in [6.07, 6.45) is 3.12. The van der Waals surface area contributed by atoms with E-state index in [0.29, 0.717) is 22.5 Å². The lowest BCUT2D eigenvalue weighted by Crippen LogP contribution is -2.28. The van der Waals surface area contributed by atoms with Gasteiger partial charge in [0.15, 0.2) is 5.69 Å². The molecular weight excluding hydrogens is 460 g/mol. The quantitative estimate of drug-likeness (QED) is 0.101. The first kappa shape index (κ1) is 24.7. The van der Waals surface area contributed by atoms with Crippen molar-refractivity contribution < 1.29 is 19.3 Å². The number of rotatable bonds is 9. The van der Waals surface area contributed by atoms with Crippen LogP contribution in [0.2, 0.25) is 0 Å². The zero-order valence-electron chi connectivity index (χ0n) is 19.1. The molecule has 15 nitrogen and oxygen atoms in total. The molecule has 15 heteroatoms. The monoisotopic (exact) mass is 484 g/mol. The highest BCUT2D eigenvalue weighted by atomic mass is 16.6. The molecule has 3 rings (SSSR count). The Labute approximate surface area is 198 Å². The molecular formula is C20H24N10O5. The number of carbonyl (C=O) groups is 3. The van der Waals surface area contributed by atoms with Crippen LogP contribution in [-0.2, 0) is 7.05 Å². The number of amidine groups is 1. The summed E-state index contributed by atoms with van der Waals surface area (Å²) in [5.41, 5.74) is 7.30. The van der Waals surface area contributed by atoms with E-state index >= 15 is 0 Å². The Hall–Kier alpha value is -4.95. The molecule has 0 aliphatic rings. The number of aryl methyl sites for hydroxylation is 1. The van der Waals surface area contributed by atoms with E-state index < -0.39 is 28.5 Å². The first-order chi connectivity index (χ1) is 16.5. The molecule has 0 unspecified atom stereocenters. The van der Waals surface area contributed by atoms with Crippen LogP contribution in [0.1, 0.15) is 49.0 Å². The topological polar surface area (TPSA) is 230 Å². The molecule has 3 amide bonds. The van der Waals surface area contributed by atoms with E-state index in [-0.39, 0.29) is 35.9 Å².